The zero-order valence-electron chi connectivity index (χ0n) is 11.0. The summed E-state index contributed by atoms with van der Waals surface area (Å²) in [5, 5.41) is 1.73. The number of nitrogens with one attached hydrogen (secondary N) is 1. The highest BCUT2D eigenvalue weighted by Gasteiger charge is 2.26. The Hall–Kier alpha value is -1.68. The molecule has 108 valence electrons. The van der Waals surface area contributed by atoms with E-state index in [0.29, 0.717) is 11.1 Å². The third kappa shape index (κ3) is 4.14. The lowest BCUT2D eigenvalue weighted by Gasteiger charge is -2.21. The summed E-state index contributed by atoms with van der Waals surface area (Å²) in [6.45, 7) is 0. The molecule has 3 nitrogen and oxygen atoms in total. The summed E-state index contributed by atoms with van der Waals surface area (Å²) >= 11 is 11.3. The molecule has 0 aliphatic heterocycles. The molecule has 0 radical (unpaired) electrons. The Balaban J connectivity index is 2.30. The maximum atomic E-state index is 11.7. The predicted molar refractivity (Wildman–Crippen MR) is 83.2 cm³/mol. The van der Waals surface area contributed by atoms with Gasteiger partial charge in [0, 0.05) is 0 Å². The van der Waals surface area contributed by atoms with E-state index in [9.17, 15) is 9.59 Å². The predicted octanol–water partition coefficient (Wildman–Crippen LogP) is 3.59. The number of carbonyl (C=O) groups is 2. The molecule has 0 aliphatic rings. The molecule has 2 atom stereocenters. The standard InChI is InChI=1S/C16H13Cl2NO2/c17-15(20)13(11-7-3-1-4-8-11)19-14(16(18)21)12-9-5-2-6-10-12/h1-10,13-14,19H/t13-,14-/m0/s1. The van der Waals surface area contributed by atoms with Crippen LogP contribution < -0.4 is 5.32 Å². The molecule has 0 heterocycles. The molecule has 0 bridgehead atoms. The lowest BCUT2D eigenvalue weighted by molar-refractivity contribution is -0.115. The number of halogens is 2. The Bertz CT molecular complexity index is 561. The van der Waals surface area contributed by atoms with Crippen molar-refractivity contribution in [3.63, 3.8) is 0 Å². The minimum atomic E-state index is -0.805. The molecule has 0 saturated heterocycles. The maximum absolute atomic E-state index is 11.7. The van der Waals surface area contributed by atoms with Gasteiger partial charge < -0.3 is 0 Å². The average Bonchev–Trinajstić information content (AvgIpc) is 2.49. The van der Waals surface area contributed by atoms with Crippen molar-refractivity contribution in [1.82, 2.24) is 5.32 Å². The number of rotatable bonds is 6. The fraction of sp³-hybridized carbons (Fsp3) is 0.125. The fourth-order valence-electron chi connectivity index (χ4n) is 2.04. The number of carbonyl (C=O) groups excluding carboxylic acids is 2. The molecule has 1 N–H and O–H groups in total. The topological polar surface area (TPSA) is 46.2 Å². The molecule has 5 heteroatoms. The Morgan fingerprint density at radius 3 is 1.33 bits per heavy atom. The van der Waals surface area contributed by atoms with Gasteiger partial charge in [-0.15, -0.1) is 0 Å². The molecule has 2 aromatic carbocycles. The van der Waals surface area contributed by atoms with Gasteiger partial charge >= 0.3 is 0 Å². The fourth-order valence-corrected chi connectivity index (χ4v) is 2.42. The van der Waals surface area contributed by atoms with E-state index in [-0.39, 0.29) is 0 Å². The van der Waals surface area contributed by atoms with Gasteiger partial charge in [0.05, 0.1) is 0 Å². The van der Waals surface area contributed by atoms with Crippen LogP contribution in [0.2, 0.25) is 0 Å². The summed E-state index contributed by atoms with van der Waals surface area (Å²) in [6, 6.07) is 16.3. The monoisotopic (exact) mass is 321 g/mol. The van der Waals surface area contributed by atoms with E-state index in [0.717, 1.165) is 0 Å². The quantitative estimate of drug-likeness (QED) is 0.827. The van der Waals surface area contributed by atoms with Crippen molar-refractivity contribution in [3.05, 3.63) is 71.8 Å². The molecule has 21 heavy (non-hydrogen) atoms. The maximum Gasteiger partial charge on any atom is 0.243 e. The summed E-state index contributed by atoms with van der Waals surface area (Å²) in [6.07, 6.45) is 0. The molecule has 2 rings (SSSR count). The van der Waals surface area contributed by atoms with Gasteiger partial charge in [0.15, 0.2) is 0 Å². The van der Waals surface area contributed by atoms with Crippen molar-refractivity contribution in [2.75, 3.05) is 0 Å². The van der Waals surface area contributed by atoms with E-state index in [1.807, 2.05) is 12.1 Å². The molecule has 0 unspecified atom stereocenters. The summed E-state index contributed by atoms with van der Waals surface area (Å²) in [5.41, 5.74) is 1.35. The molecular weight excluding hydrogens is 309 g/mol. The number of benzene rings is 2. The van der Waals surface area contributed by atoms with Crippen LogP contribution >= 0.6 is 23.2 Å². The minimum Gasteiger partial charge on any atom is -0.288 e. The third-order valence-electron chi connectivity index (χ3n) is 3.05. The van der Waals surface area contributed by atoms with Crippen LogP contribution in [0.3, 0.4) is 0 Å². The van der Waals surface area contributed by atoms with E-state index >= 15 is 0 Å². The highest BCUT2D eigenvalue weighted by molar-refractivity contribution is 6.65. The highest BCUT2D eigenvalue weighted by atomic mass is 35.5. The van der Waals surface area contributed by atoms with Crippen LogP contribution in [0.5, 0.6) is 0 Å². The van der Waals surface area contributed by atoms with E-state index < -0.39 is 22.6 Å². The second-order valence-electron chi connectivity index (χ2n) is 4.46. The Morgan fingerprint density at radius 2 is 1.05 bits per heavy atom. The smallest absolute Gasteiger partial charge is 0.243 e. The van der Waals surface area contributed by atoms with Crippen molar-refractivity contribution < 1.29 is 9.59 Å². The second-order valence-corrected chi connectivity index (χ2v) is 5.21. The Kier molecular flexibility index (Phi) is 5.51. The van der Waals surface area contributed by atoms with Crippen molar-refractivity contribution in [1.29, 1.82) is 0 Å². The van der Waals surface area contributed by atoms with Crippen molar-refractivity contribution in [2.45, 2.75) is 12.1 Å². The lowest BCUT2D eigenvalue weighted by atomic mass is 10.0. The second kappa shape index (κ2) is 7.36. The van der Waals surface area contributed by atoms with E-state index in [2.05, 4.69) is 5.32 Å². The SMILES string of the molecule is O=C(Cl)[C@@H](N[C@H](C(=O)Cl)c1ccccc1)c1ccccc1. The van der Waals surface area contributed by atoms with Gasteiger partial charge in [-0.25, -0.2) is 0 Å². The van der Waals surface area contributed by atoms with Gasteiger partial charge in [0.1, 0.15) is 12.1 Å². The average molecular weight is 322 g/mol. The Morgan fingerprint density at radius 1 is 0.714 bits per heavy atom. The zero-order chi connectivity index (χ0) is 15.2. The summed E-state index contributed by atoms with van der Waals surface area (Å²) in [7, 11) is 0. The van der Waals surface area contributed by atoms with Gasteiger partial charge in [0.2, 0.25) is 10.5 Å². The lowest BCUT2D eigenvalue weighted by Crippen LogP contribution is -2.33. The van der Waals surface area contributed by atoms with Crippen molar-refractivity contribution >= 4 is 33.7 Å². The zero-order valence-corrected chi connectivity index (χ0v) is 12.5. The van der Waals surface area contributed by atoms with Gasteiger partial charge in [-0.3, -0.25) is 14.9 Å². The van der Waals surface area contributed by atoms with Crippen LogP contribution in [0.1, 0.15) is 23.2 Å². The van der Waals surface area contributed by atoms with E-state index in [4.69, 9.17) is 23.2 Å². The van der Waals surface area contributed by atoms with Gasteiger partial charge in [-0.2, -0.15) is 0 Å². The van der Waals surface area contributed by atoms with Crippen molar-refractivity contribution in [3.8, 4) is 0 Å². The number of hydrogen-bond acceptors (Lipinski definition) is 3. The van der Waals surface area contributed by atoms with Crippen LogP contribution in [0.4, 0.5) is 0 Å². The van der Waals surface area contributed by atoms with Gasteiger partial charge in [-0.05, 0) is 34.3 Å². The molecular formula is C16H13Cl2NO2. The highest BCUT2D eigenvalue weighted by Crippen LogP contribution is 2.23. The minimum absolute atomic E-state index is 0.597. The summed E-state index contributed by atoms with van der Waals surface area (Å²) in [4.78, 5) is 23.4. The van der Waals surface area contributed by atoms with Crippen LogP contribution in [0.15, 0.2) is 60.7 Å². The van der Waals surface area contributed by atoms with Crippen LogP contribution in [-0.2, 0) is 9.59 Å². The molecule has 0 fully saturated rings. The molecule has 0 amide bonds. The molecule has 0 aliphatic carbocycles. The van der Waals surface area contributed by atoms with Gasteiger partial charge in [-0.1, -0.05) is 60.7 Å². The first-order valence-electron chi connectivity index (χ1n) is 6.34. The van der Waals surface area contributed by atoms with Crippen LogP contribution in [0, 0.1) is 0 Å². The summed E-state index contributed by atoms with van der Waals surface area (Å²) in [5.74, 6) is 0. The van der Waals surface area contributed by atoms with Crippen LogP contribution in [-0.4, -0.2) is 10.5 Å². The van der Waals surface area contributed by atoms with Gasteiger partial charge in [0.25, 0.3) is 0 Å². The first-order chi connectivity index (χ1) is 10.1. The van der Waals surface area contributed by atoms with E-state index in [1.165, 1.54) is 0 Å². The normalized spacial score (nSPS) is 13.4. The third-order valence-corrected chi connectivity index (χ3v) is 3.49. The van der Waals surface area contributed by atoms with Crippen LogP contribution in [0.25, 0.3) is 0 Å². The largest absolute Gasteiger partial charge is 0.288 e. The van der Waals surface area contributed by atoms with Crippen molar-refractivity contribution in [2.24, 2.45) is 0 Å². The first kappa shape index (κ1) is 15.7. The molecule has 0 aromatic heterocycles. The number of hydrogen-bond donors (Lipinski definition) is 1. The first-order valence-corrected chi connectivity index (χ1v) is 7.10. The molecule has 2 aromatic rings. The van der Waals surface area contributed by atoms with E-state index in [1.54, 1.807) is 48.5 Å². The molecule has 0 spiro atoms. The summed E-state index contributed by atoms with van der Waals surface area (Å²) < 4.78 is 0. The Labute approximate surface area is 132 Å². The molecule has 0 saturated carbocycles.